The zero-order valence-electron chi connectivity index (χ0n) is 6.32. The molecule has 66 valence electrons. The molecular weight excluding hydrogens is 254 g/mol. The highest BCUT2D eigenvalue weighted by atomic mass is 79.9. The third-order valence-electron chi connectivity index (χ3n) is 1.55. The van der Waals surface area contributed by atoms with E-state index in [-0.39, 0.29) is 0 Å². The van der Waals surface area contributed by atoms with Gasteiger partial charge in [-0.05, 0) is 28.1 Å². The Morgan fingerprint density at radius 2 is 2.31 bits per heavy atom. The van der Waals surface area contributed by atoms with Crippen molar-refractivity contribution in [2.75, 3.05) is 0 Å². The smallest absolute Gasteiger partial charge is 0.345 e. The van der Waals surface area contributed by atoms with Crippen LogP contribution in [0.15, 0.2) is 22.8 Å². The lowest BCUT2D eigenvalue weighted by molar-refractivity contribution is 0.0702. The van der Waals surface area contributed by atoms with Crippen molar-refractivity contribution in [2.24, 2.45) is 0 Å². The molecule has 0 aliphatic carbocycles. The van der Waals surface area contributed by atoms with E-state index in [1.807, 2.05) is 6.07 Å². The summed E-state index contributed by atoms with van der Waals surface area (Å²) in [5, 5.41) is 9.58. The number of halogens is 1. The van der Waals surface area contributed by atoms with Crippen LogP contribution in [0.4, 0.5) is 0 Å². The van der Waals surface area contributed by atoms with Gasteiger partial charge >= 0.3 is 5.97 Å². The van der Waals surface area contributed by atoms with Crippen molar-refractivity contribution in [3.8, 4) is 0 Å². The Morgan fingerprint density at radius 3 is 3.00 bits per heavy atom. The Hall–Kier alpha value is -0.940. The van der Waals surface area contributed by atoms with Gasteiger partial charge in [-0.2, -0.15) is 0 Å². The molecule has 2 aromatic heterocycles. The Kier molecular flexibility index (Phi) is 2.05. The van der Waals surface area contributed by atoms with Crippen molar-refractivity contribution < 1.29 is 9.90 Å². The van der Waals surface area contributed by atoms with E-state index in [1.165, 1.54) is 11.3 Å². The largest absolute Gasteiger partial charge is 0.477 e. The minimum atomic E-state index is -0.904. The summed E-state index contributed by atoms with van der Waals surface area (Å²) in [5.74, 6) is -0.904. The zero-order valence-corrected chi connectivity index (χ0v) is 8.72. The fraction of sp³-hybridized carbons (Fsp3) is 0. The molecule has 0 spiro atoms. The molecule has 3 nitrogen and oxygen atoms in total. The first-order chi connectivity index (χ1) is 6.16. The molecule has 2 heterocycles. The fourth-order valence-electron chi connectivity index (χ4n) is 1.01. The van der Waals surface area contributed by atoms with Gasteiger partial charge in [0.15, 0.2) is 0 Å². The second-order valence-corrected chi connectivity index (χ2v) is 4.41. The molecule has 0 fully saturated rings. The van der Waals surface area contributed by atoms with Gasteiger partial charge in [-0.1, -0.05) is 0 Å². The maximum absolute atomic E-state index is 10.6. The molecular formula is C8H4BrNO2S. The van der Waals surface area contributed by atoms with E-state index in [0.29, 0.717) is 4.88 Å². The predicted octanol–water partition coefficient (Wildman–Crippen LogP) is 2.76. The molecule has 0 unspecified atom stereocenters. The first-order valence-electron chi connectivity index (χ1n) is 3.45. The highest BCUT2D eigenvalue weighted by Crippen LogP contribution is 2.25. The van der Waals surface area contributed by atoms with Crippen LogP contribution < -0.4 is 0 Å². The minimum Gasteiger partial charge on any atom is -0.477 e. The molecule has 0 saturated carbocycles. The van der Waals surface area contributed by atoms with Crippen molar-refractivity contribution >= 4 is 43.5 Å². The SMILES string of the molecule is O=C(O)c1cc2cc(Br)cnc2s1. The first-order valence-corrected chi connectivity index (χ1v) is 5.06. The average molecular weight is 258 g/mol. The van der Waals surface area contributed by atoms with Crippen molar-refractivity contribution in [1.29, 1.82) is 0 Å². The quantitative estimate of drug-likeness (QED) is 0.855. The molecule has 0 atom stereocenters. The number of pyridine rings is 1. The van der Waals surface area contributed by atoms with Gasteiger partial charge in [0.2, 0.25) is 0 Å². The maximum Gasteiger partial charge on any atom is 0.345 e. The first kappa shape index (κ1) is 8.65. The third kappa shape index (κ3) is 1.57. The van der Waals surface area contributed by atoms with Crippen molar-refractivity contribution in [2.45, 2.75) is 0 Å². The number of hydrogen-bond donors (Lipinski definition) is 1. The Morgan fingerprint density at radius 1 is 1.54 bits per heavy atom. The van der Waals surface area contributed by atoms with Crippen LogP contribution in [-0.2, 0) is 0 Å². The van der Waals surface area contributed by atoms with Crippen LogP contribution in [0.1, 0.15) is 9.67 Å². The van der Waals surface area contributed by atoms with Gasteiger partial charge in [-0.15, -0.1) is 11.3 Å². The molecule has 0 radical (unpaired) electrons. The molecule has 2 rings (SSSR count). The van der Waals surface area contributed by atoms with E-state index in [1.54, 1.807) is 12.3 Å². The van der Waals surface area contributed by atoms with Crippen LogP contribution in [0, 0.1) is 0 Å². The maximum atomic E-state index is 10.6. The standard InChI is InChI=1S/C8H4BrNO2S/c9-5-1-4-2-6(8(11)12)13-7(4)10-3-5/h1-3H,(H,11,12). The van der Waals surface area contributed by atoms with Crippen LogP contribution >= 0.6 is 27.3 Å². The van der Waals surface area contributed by atoms with Crippen molar-refractivity contribution in [1.82, 2.24) is 4.98 Å². The summed E-state index contributed by atoms with van der Waals surface area (Å²) in [7, 11) is 0. The second kappa shape index (κ2) is 3.08. The van der Waals surface area contributed by atoms with E-state index < -0.39 is 5.97 Å². The molecule has 0 bridgehead atoms. The van der Waals surface area contributed by atoms with Crippen LogP contribution in [-0.4, -0.2) is 16.1 Å². The Balaban J connectivity index is 2.68. The molecule has 0 saturated heterocycles. The zero-order chi connectivity index (χ0) is 9.42. The van der Waals surface area contributed by atoms with Crippen LogP contribution in [0.2, 0.25) is 0 Å². The van der Waals surface area contributed by atoms with Gasteiger partial charge in [0.05, 0.1) is 0 Å². The molecule has 1 N–H and O–H groups in total. The highest BCUT2D eigenvalue weighted by Gasteiger charge is 2.08. The number of carboxylic acids is 1. The molecule has 13 heavy (non-hydrogen) atoms. The van der Waals surface area contributed by atoms with E-state index in [2.05, 4.69) is 20.9 Å². The van der Waals surface area contributed by atoms with Gasteiger partial charge in [-0.25, -0.2) is 9.78 Å². The summed E-state index contributed by atoms with van der Waals surface area (Å²) >= 11 is 4.46. The number of nitrogens with zero attached hydrogens (tertiary/aromatic N) is 1. The van der Waals surface area contributed by atoms with Gasteiger partial charge in [0.25, 0.3) is 0 Å². The van der Waals surface area contributed by atoms with E-state index in [4.69, 9.17) is 5.11 Å². The number of fused-ring (bicyclic) bond motifs is 1. The van der Waals surface area contributed by atoms with E-state index >= 15 is 0 Å². The number of thiophene rings is 1. The third-order valence-corrected chi connectivity index (χ3v) is 3.03. The van der Waals surface area contributed by atoms with Crippen LogP contribution in [0.25, 0.3) is 10.2 Å². The minimum absolute atomic E-state index is 0.320. The van der Waals surface area contributed by atoms with E-state index in [0.717, 1.165) is 14.7 Å². The number of aromatic carboxylic acids is 1. The number of hydrogen-bond acceptors (Lipinski definition) is 3. The highest BCUT2D eigenvalue weighted by molar-refractivity contribution is 9.10. The molecule has 0 aromatic carbocycles. The van der Waals surface area contributed by atoms with Gasteiger partial charge in [-0.3, -0.25) is 0 Å². The number of carboxylic acid groups (broad SMARTS) is 1. The predicted molar refractivity (Wildman–Crippen MR) is 54.3 cm³/mol. The molecule has 2 aromatic rings. The molecule has 5 heteroatoms. The van der Waals surface area contributed by atoms with Crippen molar-refractivity contribution in [3.05, 3.63) is 27.7 Å². The molecule has 0 aliphatic heterocycles. The lowest BCUT2D eigenvalue weighted by Gasteiger charge is -1.87. The topological polar surface area (TPSA) is 50.2 Å². The van der Waals surface area contributed by atoms with E-state index in [9.17, 15) is 4.79 Å². The normalized spacial score (nSPS) is 10.5. The lowest BCUT2D eigenvalue weighted by atomic mass is 10.3. The molecule has 0 aliphatic rings. The Labute approximate surface area is 86.2 Å². The van der Waals surface area contributed by atoms with Gasteiger partial charge < -0.3 is 5.11 Å². The summed E-state index contributed by atoms with van der Waals surface area (Å²) < 4.78 is 0.856. The van der Waals surface area contributed by atoms with Crippen LogP contribution in [0.5, 0.6) is 0 Å². The summed E-state index contributed by atoms with van der Waals surface area (Å²) in [6, 6.07) is 3.48. The van der Waals surface area contributed by atoms with Crippen LogP contribution in [0.3, 0.4) is 0 Å². The van der Waals surface area contributed by atoms with Crippen molar-refractivity contribution in [3.63, 3.8) is 0 Å². The number of rotatable bonds is 1. The van der Waals surface area contributed by atoms with Gasteiger partial charge in [0.1, 0.15) is 9.71 Å². The molecule has 0 amide bonds. The fourth-order valence-corrected chi connectivity index (χ4v) is 2.18. The lowest BCUT2D eigenvalue weighted by Crippen LogP contribution is -1.89. The summed E-state index contributed by atoms with van der Waals surface area (Å²) in [4.78, 5) is 15.8. The Bertz CT molecular complexity index is 480. The summed E-state index contributed by atoms with van der Waals surface area (Å²) in [6.07, 6.45) is 1.66. The summed E-state index contributed by atoms with van der Waals surface area (Å²) in [6.45, 7) is 0. The van der Waals surface area contributed by atoms with Gasteiger partial charge in [0, 0.05) is 16.1 Å². The summed E-state index contributed by atoms with van der Waals surface area (Å²) in [5.41, 5.74) is 0. The number of carbonyl (C=O) groups is 1. The number of aromatic nitrogens is 1. The second-order valence-electron chi connectivity index (χ2n) is 2.46. The average Bonchev–Trinajstić information content (AvgIpc) is 2.46. The monoisotopic (exact) mass is 257 g/mol.